The largest absolute Gasteiger partial charge is 0.472 e. The number of hydrogen-bond donors (Lipinski definition) is 3. The number of phosphoric ester groups is 1. The van der Waals surface area contributed by atoms with E-state index >= 15 is 0 Å². The van der Waals surface area contributed by atoms with Crippen molar-refractivity contribution < 1.29 is 43.0 Å². The fourth-order valence-corrected chi connectivity index (χ4v) is 6.98. The first-order chi connectivity index (χ1) is 26.8. The van der Waals surface area contributed by atoms with Gasteiger partial charge in [0.2, 0.25) is 0 Å². The van der Waals surface area contributed by atoms with Gasteiger partial charge in [-0.25, -0.2) is 4.57 Å². The number of aliphatic hydroxyl groups excluding tert-OH is 2. The third kappa shape index (κ3) is 42.1. The number of unbranched alkanes of at least 4 members (excludes halogenated alkanes) is 23. The standard InChI is InChI=1S/C45H85O9P/c1-3-5-7-9-11-13-15-17-19-20-21-22-24-26-28-30-32-34-36-38-51-41-44(42-53-55(49,50)52-40-43(47)39-46)54-45(48)37-35-33-31-29-27-25-23-18-16-14-12-10-8-6-4-2/h6,8,12,14,18,23,43-44,46-47H,3-5,7,9-11,13,15-17,19-22,24-42H2,1-2H3,(H,49,50)/b8-6-,14-12-,23-18-. The van der Waals surface area contributed by atoms with Crippen molar-refractivity contribution >= 4 is 13.8 Å². The molecule has 0 aromatic carbocycles. The van der Waals surface area contributed by atoms with Gasteiger partial charge in [-0.15, -0.1) is 0 Å². The van der Waals surface area contributed by atoms with Gasteiger partial charge in [0.1, 0.15) is 12.2 Å². The van der Waals surface area contributed by atoms with Gasteiger partial charge in [-0.05, 0) is 44.9 Å². The zero-order chi connectivity index (χ0) is 40.3. The summed E-state index contributed by atoms with van der Waals surface area (Å²) >= 11 is 0. The Kier molecular flexibility index (Phi) is 41.3. The molecule has 0 aliphatic carbocycles. The highest BCUT2D eigenvalue weighted by atomic mass is 31.2. The Morgan fingerprint density at radius 2 is 1.04 bits per heavy atom. The lowest BCUT2D eigenvalue weighted by Gasteiger charge is -2.20. The average Bonchev–Trinajstić information content (AvgIpc) is 3.18. The topological polar surface area (TPSA) is 132 Å². The first-order valence-corrected chi connectivity index (χ1v) is 24.0. The molecule has 9 nitrogen and oxygen atoms in total. The van der Waals surface area contributed by atoms with E-state index in [0.29, 0.717) is 13.0 Å². The number of phosphoric acid groups is 1. The van der Waals surface area contributed by atoms with E-state index in [-0.39, 0.29) is 19.6 Å². The fourth-order valence-electron chi connectivity index (χ4n) is 6.19. The van der Waals surface area contributed by atoms with Gasteiger partial charge >= 0.3 is 13.8 Å². The van der Waals surface area contributed by atoms with E-state index in [9.17, 15) is 19.4 Å². The molecule has 0 spiro atoms. The Hall–Kier alpha value is -1.32. The molecule has 0 aromatic rings. The summed E-state index contributed by atoms with van der Waals surface area (Å²) in [7, 11) is -4.52. The van der Waals surface area contributed by atoms with E-state index < -0.39 is 39.2 Å². The summed E-state index contributed by atoms with van der Waals surface area (Å²) in [4.78, 5) is 22.6. The maximum absolute atomic E-state index is 12.6. The van der Waals surface area contributed by atoms with Crippen LogP contribution in [0, 0.1) is 0 Å². The molecule has 55 heavy (non-hydrogen) atoms. The van der Waals surface area contributed by atoms with Crippen LogP contribution in [0.3, 0.4) is 0 Å². The zero-order valence-corrected chi connectivity index (χ0v) is 36.3. The van der Waals surface area contributed by atoms with E-state index in [0.717, 1.165) is 64.2 Å². The van der Waals surface area contributed by atoms with E-state index in [4.69, 9.17) is 23.6 Å². The van der Waals surface area contributed by atoms with Crippen LogP contribution in [0.1, 0.15) is 200 Å². The summed E-state index contributed by atoms with van der Waals surface area (Å²) in [5.41, 5.74) is 0. The molecule has 0 amide bonds. The molecule has 3 unspecified atom stereocenters. The van der Waals surface area contributed by atoms with Crippen molar-refractivity contribution in [3.05, 3.63) is 36.5 Å². The van der Waals surface area contributed by atoms with Crippen molar-refractivity contribution in [3.8, 4) is 0 Å². The number of rotatable bonds is 43. The molecular weight excluding hydrogens is 715 g/mol. The number of esters is 1. The van der Waals surface area contributed by atoms with Crippen molar-refractivity contribution in [1.29, 1.82) is 0 Å². The molecule has 0 saturated carbocycles. The van der Waals surface area contributed by atoms with Crippen molar-refractivity contribution in [3.63, 3.8) is 0 Å². The Labute approximate surface area is 337 Å². The average molecular weight is 801 g/mol. The molecule has 0 fully saturated rings. The second-order valence-electron chi connectivity index (χ2n) is 15.0. The monoisotopic (exact) mass is 801 g/mol. The second kappa shape index (κ2) is 42.3. The third-order valence-corrected chi connectivity index (χ3v) is 10.5. The first kappa shape index (κ1) is 53.7. The van der Waals surface area contributed by atoms with Gasteiger partial charge in [-0.2, -0.15) is 0 Å². The quantitative estimate of drug-likeness (QED) is 0.0239. The van der Waals surface area contributed by atoms with Crippen molar-refractivity contribution in [2.45, 2.75) is 212 Å². The molecule has 3 atom stereocenters. The lowest BCUT2D eigenvalue weighted by Crippen LogP contribution is -2.29. The Bertz CT molecular complexity index is 955. The van der Waals surface area contributed by atoms with Gasteiger partial charge in [-0.1, -0.05) is 185 Å². The lowest BCUT2D eigenvalue weighted by atomic mass is 10.0. The molecule has 0 aromatic heterocycles. The number of carbonyl (C=O) groups is 1. The SMILES string of the molecule is CC/C=C\C/C=C\C/C=C\CCCCCCCC(=O)OC(COCCCCCCCCCCCCCCCCCCCCC)COP(=O)(O)OCC(O)CO. The van der Waals surface area contributed by atoms with Crippen molar-refractivity contribution in [2.75, 3.05) is 33.0 Å². The maximum Gasteiger partial charge on any atom is 0.472 e. The third-order valence-electron chi connectivity index (χ3n) is 9.59. The number of hydrogen-bond acceptors (Lipinski definition) is 8. The van der Waals surface area contributed by atoms with Gasteiger partial charge in [-0.3, -0.25) is 13.8 Å². The first-order valence-electron chi connectivity index (χ1n) is 22.5. The Balaban J connectivity index is 4.13. The minimum atomic E-state index is -4.52. The highest BCUT2D eigenvalue weighted by Gasteiger charge is 2.26. The normalized spacial score (nSPS) is 14.3. The molecule has 324 valence electrons. The minimum absolute atomic E-state index is 0.0449. The van der Waals surface area contributed by atoms with Gasteiger partial charge < -0.3 is 24.6 Å². The number of aliphatic hydroxyl groups is 2. The lowest BCUT2D eigenvalue weighted by molar-refractivity contribution is -0.154. The van der Waals surface area contributed by atoms with Crippen LogP contribution in [0.5, 0.6) is 0 Å². The molecule has 0 rings (SSSR count). The number of allylic oxidation sites excluding steroid dienone is 6. The smallest absolute Gasteiger partial charge is 0.457 e. The van der Waals surface area contributed by atoms with Crippen LogP contribution in [0.15, 0.2) is 36.5 Å². The molecule has 0 aliphatic heterocycles. The van der Waals surface area contributed by atoms with Gasteiger partial charge in [0.15, 0.2) is 0 Å². The van der Waals surface area contributed by atoms with E-state index in [1.807, 2.05) is 0 Å². The van der Waals surface area contributed by atoms with Gasteiger partial charge in [0.25, 0.3) is 0 Å². The molecule has 0 bridgehead atoms. The molecule has 10 heteroatoms. The summed E-state index contributed by atoms with van der Waals surface area (Å²) in [6.07, 6.45) is 45.3. The Morgan fingerprint density at radius 3 is 1.56 bits per heavy atom. The number of ether oxygens (including phenoxy) is 2. The second-order valence-corrected chi connectivity index (χ2v) is 16.5. The molecular formula is C45H85O9P. The van der Waals surface area contributed by atoms with Crippen molar-refractivity contribution in [2.24, 2.45) is 0 Å². The summed E-state index contributed by atoms with van der Waals surface area (Å²) in [6.45, 7) is 3.41. The van der Waals surface area contributed by atoms with E-state index in [1.165, 1.54) is 109 Å². The van der Waals surface area contributed by atoms with Crippen LogP contribution in [0.4, 0.5) is 0 Å². The molecule has 0 aliphatic rings. The highest BCUT2D eigenvalue weighted by Crippen LogP contribution is 2.43. The number of carbonyl (C=O) groups excluding carboxylic acids is 1. The highest BCUT2D eigenvalue weighted by molar-refractivity contribution is 7.47. The van der Waals surface area contributed by atoms with Crippen molar-refractivity contribution in [1.82, 2.24) is 0 Å². The summed E-state index contributed by atoms with van der Waals surface area (Å²) in [6, 6.07) is 0. The Morgan fingerprint density at radius 1 is 0.582 bits per heavy atom. The zero-order valence-electron chi connectivity index (χ0n) is 35.4. The summed E-state index contributed by atoms with van der Waals surface area (Å²) < 4.78 is 33.4. The van der Waals surface area contributed by atoms with E-state index in [2.05, 4.69) is 50.3 Å². The maximum atomic E-state index is 12.6. The predicted molar refractivity (Wildman–Crippen MR) is 228 cm³/mol. The predicted octanol–water partition coefficient (Wildman–Crippen LogP) is 12.4. The molecule has 0 heterocycles. The molecule has 0 saturated heterocycles. The van der Waals surface area contributed by atoms with Crippen LogP contribution < -0.4 is 0 Å². The summed E-state index contributed by atoms with van der Waals surface area (Å²) in [5, 5.41) is 18.4. The van der Waals surface area contributed by atoms with Crippen LogP contribution in [-0.2, 0) is 27.9 Å². The molecule has 3 N–H and O–H groups in total. The minimum Gasteiger partial charge on any atom is -0.457 e. The fraction of sp³-hybridized carbons (Fsp3) is 0.844. The van der Waals surface area contributed by atoms with Crippen LogP contribution >= 0.6 is 7.82 Å². The van der Waals surface area contributed by atoms with E-state index in [1.54, 1.807) is 0 Å². The van der Waals surface area contributed by atoms with Gasteiger partial charge in [0, 0.05) is 13.0 Å². The summed E-state index contributed by atoms with van der Waals surface area (Å²) in [5.74, 6) is -0.397. The van der Waals surface area contributed by atoms with Crippen LogP contribution in [0.2, 0.25) is 0 Å². The van der Waals surface area contributed by atoms with Crippen LogP contribution in [-0.4, -0.2) is 66.3 Å². The van der Waals surface area contributed by atoms with Gasteiger partial charge in [0.05, 0.1) is 26.4 Å². The van der Waals surface area contributed by atoms with Crippen LogP contribution in [0.25, 0.3) is 0 Å². The molecule has 0 radical (unpaired) electrons.